The average Bonchev–Trinajstić information content (AvgIpc) is 2.39. The molecule has 2 aromatic rings. The van der Waals surface area contributed by atoms with Gasteiger partial charge in [-0.1, -0.05) is 71.7 Å². The minimum atomic E-state index is -0.583. The third-order valence-corrected chi connectivity index (χ3v) is 4.22. The fraction of sp³-hybridized carbons (Fsp3) is 0.294. The van der Waals surface area contributed by atoms with Crippen LogP contribution in [0.3, 0.4) is 0 Å². The normalized spacial score (nSPS) is 12.7. The molecule has 1 atom stereocenters. The number of hydrogen-bond acceptors (Lipinski definition) is 1. The van der Waals surface area contributed by atoms with Gasteiger partial charge in [0.25, 0.3) is 0 Å². The monoisotopic (exact) mass is 352 g/mol. The first-order valence-corrected chi connectivity index (χ1v) is 7.86. The molecule has 0 heterocycles. The van der Waals surface area contributed by atoms with Crippen molar-refractivity contribution in [2.75, 3.05) is 0 Å². The summed E-state index contributed by atoms with van der Waals surface area (Å²) >= 11 is 9.54. The van der Waals surface area contributed by atoms with E-state index in [9.17, 15) is 5.11 Å². The summed E-state index contributed by atoms with van der Waals surface area (Å²) < 4.78 is 0.916. The highest BCUT2D eigenvalue weighted by Crippen LogP contribution is 2.28. The number of halogens is 2. The van der Waals surface area contributed by atoms with Crippen LogP contribution in [0.1, 0.15) is 42.6 Å². The Bertz CT molecular complexity index is 578. The fourth-order valence-electron chi connectivity index (χ4n) is 2.14. The zero-order chi connectivity index (χ0) is 14.7. The molecule has 1 N–H and O–H groups in total. The Balaban J connectivity index is 2.12. The molecule has 1 unspecified atom stereocenters. The van der Waals surface area contributed by atoms with Gasteiger partial charge < -0.3 is 5.11 Å². The van der Waals surface area contributed by atoms with Crippen molar-refractivity contribution < 1.29 is 5.11 Å². The molecule has 0 saturated carbocycles. The molecule has 0 aliphatic rings. The molecule has 0 amide bonds. The van der Waals surface area contributed by atoms with E-state index < -0.39 is 6.10 Å². The lowest BCUT2D eigenvalue weighted by atomic mass is 9.97. The summed E-state index contributed by atoms with van der Waals surface area (Å²) in [6, 6.07) is 14.0. The molecule has 0 aromatic heterocycles. The predicted octanol–water partition coefficient (Wildman–Crippen LogP) is 5.50. The van der Waals surface area contributed by atoms with Crippen molar-refractivity contribution in [1.29, 1.82) is 0 Å². The first-order chi connectivity index (χ1) is 9.47. The van der Waals surface area contributed by atoms with Crippen molar-refractivity contribution in [2.45, 2.75) is 32.3 Å². The molecular weight excluding hydrogens is 336 g/mol. The summed E-state index contributed by atoms with van der Waals surface area (Å²) in [5, 5.41) is 10.9. The van der Waals surface area contributed by atoms with Gasteiger partial charge in [0.05, 0.1) is 6.10 Å². The summed E-state index contributed by atoms with van der Waals surface area (Å²) in [5.74, 6) is 0.523. The van der Waals surface area contributed by atoms with Crippen LogP contribution in [0.4, 0.5) is 0 Å². The van der Waals surface area contributed by atoms with E-state index in [2.05, 4.69) is 54.0 Å². The van der Waals surface area contributed by atoms with Gasteiger partial charge in [-0.15, -0.1) is 0 Å². The van der Waals surface area contributed by atoms with E-state index in [0.29, 0.717) is 17.4 Å². The smallest absolute Gasteiger partial charge is 0.0844 e. The lowest BCUT2D eigenvalue weighted by Crippen LogP contribution is -2.03. The SMILES string of the molecule is CC(C)c1ccc(CC(O)c2ccc(Br)cc2Cl)cc1. The summed E-state index contributed by atoms with van der Waals surface area (Å²) in [7, 11) is 0. The van der Waals surface area contributed by atoms with Gasteiger partial charge in [-0.25, -0.2) is 0 Å². The van der Waals surface area contributed by atoms with Crippen molar-refractivity contribution in [1.82, 2.24) is 0 Å². The highest BCUT2D eigenvalue weighted by molar-refractivity contribution is 9.10. The molecular formula is C17H18BrClO. The van der Waals surface area contributed by atoms with Gasteiger partial charge in [0.1, 0.15) is 0 Å². The van der Waals surface area contributed by atoms with Gasteiger partial charge in [0.15, 0.2) is 0 Å². The maximum absolute atomic E-state index is 10.3. The minimum absolute atomic E-state index is 0.523. The Morgan fingerprint density at radius 2 is 1.75 bits per heavy atom. The van der Waals surface area contributed by atoms with E-state index in [-0.39, 0.29) is 0 Å². The van der Waals surface area contributed by atoms with Crippen molar-refractivity contribution in [2.24, 2.45) is 0 Å². The van der Waals surface area contributed by atoms with E-state index >= 15 is 0 Å². The van der Waals surface area contributed by atoms with Crippen LogP contribution in [0.5, 0.6) is 0 Å². The van der Waals surface area contributed by atoms with Crippen LogP contribution in [0, 0.1) is 0 Å². The molecule has 0 aliphatic heterocycles. The number of benzene rings is 2. The van der Waals surface area contributed by atoms with E-state index in [4.69, 9.17) is 11.6 Å². The van der Waals surface area contributed by atoms with Crippen molar-refractivity contribution in [3.05, 3.63) is 68.7 Å². The van der Waals surface area contributed by atoms with Crippen LogP contribution in [0.15, 0.2) is 46.9 Å². The van der Waals surface area contributed by atoms with Gasteiger partial charge in [-0.05, 0) is 34.7 Å². The van der Waals surface area contributed by atoms with Crippen LogP contribution in [0.2, 0.25) is 5.02 Å². The predicted molar refractivity (Wildman–Crippen MR) is 88.3 cm³/mol. The van der Waals surface area contributed by atoms with Gasteiger partial charge in [-0.2, -0.15) is 0 Å². The van der Waals surface area contributed by atoms with E-state index in [1.54, 1.807) is 0 Å². The van der Waals surface area contributed by atoms with Crippen LogP contribution < -0.4 is 0 Å². The summed E-state index contributed by atoms with van der Waals surface area (Å²) in [6.45, 7) is 4.34. The van der Waals surface area contributed by atoms with Gasteiger partial charge in [0.2, 0.25) is 0 Å². The molecule has 0 radical (unpaired) electrons. The Morgan fingerprint density at radius 1 is 1.10 bits per heavy atom. The molecule has 20 heavy (non-hydrogen) atoms. The zero-order valence-corrected chi connectivity index (χ0v) is 13.9. The van der Waals surface area contributed by atoms with Crippen LogP contribution in [-0.4, -0.2) is 5.11 Å². The van der Waals surface area contributed by atoms with E-state index in [0.717, 1.165) is 15.6 Å². The van der Waals surface area contributed by atoms with E-state index in [1.807, 2.05) is 18.2 Å². The third-order valence-electron chi connectivity index (χ3n) is 3.40. The van der Waals surface area contributed by atoms with Crippen molar-refractivity contribution in [3.8, 4) is 0 Å². The summed E-state index contributed by atoms with van der Waals surface area (Å²) in [5.41, 5.74) is 3.19. The van der Waals surface area contributed by atoms with Crippen molar-refractivity contribution >= 4 is 27.5 Å². The van der Waals surface area contributed by atoms with Crippen LogP contribution in [0.25, 0.3) is 0 Å². The first-order valence-electron chi connectivity index (χ1n) is 6.69. The molecule has 106 valence electrons. The molecule has 3 heteroatoms. The van der Waals surface area contributed by atoms with Crippen LogP contribution in [-0.2, 0) is 6.42 Å². The largest absolute Gasteiger partial charge is 0.388 e. The maximum Gasteiger partial charge on any atom is 0.0844 e. The molecule has 2 rings (SSSR count). The number of aliphatic hydroxyl groups excluding tert-OH is 1. The zero-order valence-electron chi connectivity index (χ0n) is 11.6. The molecule has 0 saturated heterocycles. The summed E-state index contributed by atoms with van der Waals surface area (Å²) in [4.78, 5) is 0. The average molecular weight is 354 g/mol. The van der Waals surface area contributed by atoms with Crippen molar-refractivity contribution in [3.63, 3.8) is 0 Å². The quantitative estimate of drug-likeness (QED) is 0.769. The third kappa shape index (κ3) is 3.85. The molecule has 1 nitrogen and oxygen atoms in total. The second kappa shape index (κ2) is 6.75. The van der Waals surface area contributed by atoms with Gasteiger partial charge in [0, 0.05) is 15.9 Å². The number of rotatable bonds is 4. The van der Waals surface area contributed by atoms with E-state index in [1.165, 1.54) is 5.56 Å². The molecule has 2 aromatic carbocycles. The number of aliphatic hydroxyl groups is 1. The fourth-order valence-corrected chi connectivity index (χ4v) is 2.94. The highest BCUT2D eigenvalue weighted by Gasteiger charge is 2.12. The topological polar surface area (TPSA) is 20.2 Å². The standard InChI is InChI=1S/C17H18BrClO/c1-11(2)13-5-3-12(4-6-13)9-17(20)15-8-7-14(18)10-16(15)19/h3-8,10-11,17,20H,9H2,1-2H3. The maximum atomic E-state index is 10.3. The Labute approximate surface area is 133 Å². The second-order valence-electron chi connectivity index (χ2n) is 5.28. The summed E-state index contributed by atoms with van der Waals surface area (Å²) in [6.07, 6.45) is -0.0137. The Kier molecular flexibility index (Phi) is 5.25. The highest BCUT2D eigenvalue weighted by atomic mass is 79.9. The second-order valence-corrected chi connectivity index (χ2v) is 6.60. The molecule has 0 fully saturated rings. The first kappa shape index (κ1) is 15.6. The molecule has 0 aliphatic carbocycles. The van der Waals surface area contributed by atoms with Crippen LogP contribution >= 0.6 is 27.5 Å². The lowest BCUT2D eigenvalue weighted by Gasteiger charge is -2.14. The Hall–Kier alpha value is -0.830. The lowest BCUT2D eigenvalue weighted by molar-refractivity contribution is 0.178. The van der Waals surface area contributed by atoms with Gasteiger partial charge in [-0.3, -0.25) is 0 Å². The minimum Gasteiger partial charge on any atom is -0.388 e. The molecule has 0 spiro atoms. The Morgan fingerprint density at radius 3 is 2.30 bits per heavy atom. The molecule has 0 bridgehead atoms. The number of hydrogen-bond donors (Lipinski definition) is 1. The van der Waals surface area contributed by atoms with Gasteiger partial charge >= 0.3 is 0 Å².